The lowest BCUT2D eigenvalue weighted by Gasteiger charge is -2.38. The topological polar surface area (TPSA) is 58.6 Å². The van der Waals surface area contributed by atoms with Gasteiger partial charge in [-0.3, -0.25) is 9.59 Å². The molecule has 0 spiro atoms. The van der Waals surface area contributed by atoms with Crippen LogP contribution in [0.3, 0.4) is 0 Å². The maximum atomic E-state index is 12.8. The van der Waals surface area contributed by atoms with Crippen molar-refractivity contribution in [3.8, 4) is 5.75 Å². The van der Waals surface area contributed by atoms with Gasteiger partial charge in [-0.2, -0.15) is 0 Å². The van der Waals surface area contributed by atoms with Gasteiger partial charge < -0.3 is 15.0 Å². The molecule has 0 aliphatic carbocycles. The average molecular weight is 374 g/mol. The zero-order chi connectivity index (χ0) is 19.7. The molecular weight excluding hydrogens is 352 g/mol. The number of fused-ring (bicyclic) bond motifs is 2. The van der Waals surface area contributed by atoms with E-state index in [1.807, 2.05) is 66.7 Å². The van der Waals surface area contributed by atoms with E-state index >= 15 is 0 Å². The predicted molar refractivity (Wildman–Crippen MR) is 111 cm³/mol. The molecule has 3 aromatic rings. The third kappa shape index (κ3) is 3.31. The number of amides is 2. The van der Waals surface area contributed by atoms with E-state index in [1.54, 1.807) is 18.7 Å². The van der Waals surface area contributed by atoms with Crippen LogP contribution in [0.25, 0.3) is 10.8 Å². The zero-order valence-corrected chi connectivity index (χ0v) is 15.9. The molecule has 1 aliphatic heterocycles. The SMILES string of the molecule is CC1(C)Oc2ccccc2N(CCC(=O)Nc2cccc3ccccc23)C1=O. The zero-order valence-electron chi connectivity index (χ0n) is 15.9. The standard InChI is InChI=1S/C23H22N2O3/c1-23(2)22(27)25(19-12-5-6-13-20(19)28-23)15-14-21(26)24-18-11-7-9-16-8-3-4-10-17(16)18/h3-13H,14-15H2,1-2H3,(H,24,26). The molecule has 5 heteroatoms. The first-order valence-corrected chi connectivity index (χ1v) is 9.33. The summed E-state index contributed by atoms with van der Waals surface area (Å²) in [5, 5.41) is 5.04. The van der Waals surface area contributed by atoms with Crippen LogP contribution in [0.4, 0.5) is 11.4 Å². The quantitative estimate of drug-likeness (QED) is 0.738. The number of hydrogen-bond donors (Lipinski definition) is 1. The van der Waals surface area contributed by atoms with Crippen LogP contribution >= 0.6 is 0 Å². The van der Waals surface area contributed by atoms with Gasteiger partial charge in [-0.05, 0) is 37.4 Å². The number of nitrogens with one attached hydrogen (secondary N) is 1. The maximum absolute atomic E-state index is 12.8. The smallest absolute Gasteiger partial charge is 0.270 e. The Balaban J connectivity index is 1.51. The Morgan fingerprint density at radius 2 is 1.71 bits per heavy atom. The third-order valence-electron chi connectivity index (χ3n) is 4.91. The normalized spacial score (nSPS) is 15.1. The second-order valence-electron chi connectivity index (χ2n) is 7.36. The fourth-order valence-corrected chi connectivity index (χ4v) is 3.50. The van der Waals surface area contributed by atoms with Gasteiger partial charge in [0.05, 0.1) is 5.69 Å². The highest BCUT2D eigenvalue weighted by molar-refractivity contribution is 6.04. The number of carbonyl (C=O) groups excluding carboxylic acids is 2. The summed E-state index contributed by atoms with van der Waals surface area (Å²) >= 11 is 0. The molecule has 0 fully saturated rings. The van der Waals surface area contributed by atoms with Crippen LogP contribution in [0.5, 0.6) is 5.75 Å². The number of para-hydroxylation sites is 2. The van der Waals surface area contributed by atoms with Crippen molar-refractivity contribution in [2.45, 2.75) is 25.9 Å². The highest BCUT2D eigenvalue weighted by Crippen LogP contribution is 2.37. The van der Waals surface area contributed by atoms with E-state index in [0.717, 1.165) is 16.5 Å². The molecule has 0 bridgehead atoms. The summed E-state index contributed by atoms with van der Waals surface area (Å²) in [5.74, 6) is 0.372. The van der Waals surface area contributed by atoms with Crippen LogP contribution in [0.15, 0.2) is 66.7 Å². The minimum absolute atomic E-state index is 0.133. The van der Waals surface area contributed by atoms with E-state index < -0.39 is 5.60 Å². The molecular formula is C23H22N2O3. The van der Waals surface area contributed by atoms with Gasteiger partial charge in [-0.25, -0.2) is 0 Å². The lowest BCUT2D eigenvalue weighted by Crippen LogP contribution is -2.53. The summed E-state index contributed by atoms with van der Waals surface area (Å²) in [7, 11) is 0. The number of rotatable bonds is 4. The summed E-state index contributed by atoms with van der Waals surface area (Å²) in [6.07, 6.45) is 0.194. The Morgan fingerprint density at radius 1 is 1.00 bits per heavy atom. The highest BCUT2D eigenvalue weighted by atomic mass is 16.5. The van der Waals surface area contributed by atoms with Crippen LogP contribution in [-0.4, -0.2) is 24.0 Å². The van der Waals surface area contributed by atoms with Gasteiger partial charge in [0.25, 0.3) is 5.91 Å². The molecule has 0 atom stereocenters. The lowest BCUT2D eigenvalue weighted by molar-refractivity contribution is -0.132. The Morgan fingerprint density at radius 3 is 2.57 bits per heavy atom. The van der Waals surface area contributed by atoms with Crippen molar-refractivity contribution < 1.29 is 14.3 Å². The lowest BCUT2D eigenvalue weighted by atomic mass is 10.0. The first-order chi connectivity index (χ1) is 13.5. The fourth-order valence-electron chi connectivity index (χ4n) is 3.50. The van der Waals surface area contributed by atoms with Crippen molar-refractivity contribution in [2.75, 3.05) is 16.8 Å². The first-order valence-electron chi connectivity index (χ1n) is 9.33. The maximum Gasteiger partial charge on any atom is 0.270 e. The molecule has 2 amide bonds. The Bertz CT molecular complexity index is 1050. The van der Waals surface area contributed by atoms with Crippen molar-refractivity contribution >= 4 is 34.0 Å². The number of nitrogens with zero attached hydrogens (tertiary/aromatic N) is 1. The minimum atomic E-state index is -0.958. The molecule has 1 N–H and O–H groups in total. The molecule has 0 radical (unpaired) electrons. The summed E-state index contributed by atoms with van der Waals surface area (Å²) in [5.41, 5.74) is 0.516. The van der Waals surface area contributed by atoms with Crippen LogP contribution in [0, 0.1) is 0 Å². The fraction of sp³-hybridized carbons (Fsp3) is 0.217. The average Bonchev–Trinajstić information content (AvgIpc) is 2.68. The van der Waals surface area contributed by atoms with Crippen LogP contribution in [0.1, 0.15) is 20.3 Å². The molecule has 28 heavy (non-hydrogen) atoms. The molecule has 1 heterocycles. The van der Waals surface area contributed by atoms with Crippen molar-refractivity contribution in [3.63, 3.8) is 0 Å². The van der Waals surface area contributed by atoms with Crippen molar-refractivity contribution in [1.29, 1.82) is 0 Å². The van der Waals surface area contributed by atoms with Crippen molar-refractivity contribution in [3.05, 3.63) is 66.7 Å². The second kappa shape index (κ2) is 7.00. The van der Waals surface area contributed by atoms with Crippen LogP contribution in [0.2, 0.25) is 0 Å². The van der Waals surface area contributed by atoms with Crippen LogP contribution < -0.4 is 15.0 Å². The summed E-state index contributed by atoms with van der Waals surface area (Å²) in [4.78, 5) is 27.1. The molecule has 0 saturated carbocycles. The Hall–Kier alpha value is -3.34. The Labute approximate surface area is 163 Å². The largest absolute Gasteiger partial charge is 0.476 e. The van der Waals surface area contributed by atoms with E-state index in [-0.39, 0.29) is 18.2 Å². The molecule has 3 aromatic carbocycles. The minimum Gasteiger partial charge on any atom is -0.476 e. The third-order valence-corrected chi connectivity index (χ3v) is 4.91. The monoisotopic (exact) mass is 374 g/mol. The van der Waals surface area contributed by atoms with E-state index in [2.05, 4.69) is 5.32 Å². The van der Waals surface area contributed by atoms with Gasteiger partial charge in [-0.1, -0.05) is 48.5 Å². The van der Waals surface area contributed by atoms with E-state index in [4.69, 9.17) is 4.74 Å². The number of hydrogen-bond acceptors (Lipinski definition) is 3. The summed E-state index contributed by atoms with van der Waals surface area (Å²) < 4.78 is 5.82. The second-order valence-corrected chi connectivity index (χ2v) is 7.36. The van der Waals surface area contributed by atoms with Gasteiger partial charge in [-0.15, -0.1) is 0 Å². The molecule has 1 aliphatic rings. The van der Waals surface area contributed by atoms with E-state index in [9.17, 15) is 9.59 Å². The number of carbonyl (C=O) groups is 2. The number of benzene rings is 3. The number of ether oxygens (including phenoxy) is 1. The molecule has 142 valence electrons. The van der Waals surface area contributed by atoms with E-state index in [1.165, 1.54) is 0 Å². The summed E-state index contributed by atoms with van der Waals surface area (Å²) in [6.45, 7) is 3.78. The van der Waals surface area contributed by atoms with Gasteiger partial charge in [0, 0.05) is 24.0 Å². The van der Waals surface area contributed by atoms with Crippen LogP contribution in [-0.2, 0) is 9.59 Å². The van der Waals surface area contributed by atoms with Crippen molar-refractivity contribution in [1.82, 2.24) is 0 Å². The molecule has 0 unspecified atom stereocenters. The molecule has 4 rings (SSSR count). The first kappa shape index (κ1) is 18.0. The molecule has 5 nitrogen and oxygen atoms in total. The Kier molecular flexibility index (Phi) is 4.51. The highest BCUT2D eigenvalue weighted by Gasteiger charge is 2.40. The molecule has 0 saturated heterocycles. The van der Waals surface area contributed by atoms with Crippen molar-refractivity contribution in [2.24, 2.45) is 0 Å². The predicted octanol–water partition coefficient (Wildman–Crippen LogP) is 4.37. The van der Waals surface area contributed by atoms with Gasteiger partial charge in [0.15, 0.2) is 5.60 Å². The molecule has 0 aromatic heterocycles. The van der Waals surface area contributed by atoms with Gasteiger partial charge in [0.2, 0.25) is 5.91 Å². The summed E-state index contributed by atoms with van der Waals surface area (Å²) in [6, 6.07) is 21.1. The van der Waals surface area contributed by atoms with Gasteiger partial charge in [0.1, 0.15) is 5.75 Å². The van der Waals surface area contributed by atoms with Gasteiger partial charge >= 0.3 is 0 Å². The number of anilines is 2. The van der Waals surface area contributed by atoms with E-state index in [0.29, 0.717) is 18.0 Å².